The van der Waals surface area contributed by atoms with E-state index in [9.17, 15) is 0 Å². The van der Waals surface area contributed by atoms with Gasteiger partial charge in [-0.1, -0.05) is 0 Å². The summed E-state index contributed by atoms with van der Waals surface area (Å²) in [5.74, 6) is 0.811. The molecule has 0 saturated carbocycles. The van der Waals surface area contributed by atoms with E-state index in [1.807, 2.05) is 17.9 Å². The average Bonchev–Trinajstić information content (AvgIpc) is 3.08. The van der Waals surface area contributed by atoms with Crippen molar-refractivity contribution in [2.45, 2.75) is 37.8 Å². The maximum Gasteiger partial charge on any atom is 0.0522 e. The third-order valence-electron chi connectivity index (χ3n) is 5.33. The summed E-state index contributed by atoms with van der Waals surface area (Å²) in [6.45, 7) is 4.36. The number of likely N-dealkylation sites (tertiary alicyclic amines) is 1. The number of hydrogen-bond acceptors (Lipinski definition) is 4. The summed E-state index contributed by atoms with van der Waals surface area (Å²) in [5, 5.41) is 4.34. The molecular formula is C17H30N4O. The monoisotopic (exact) mass is 306 g/mol. The van der Waals surface area contributed by atoms with E-state index >= 15 is 0 Å². The van der Waals surface area contributed by atoms with Crippen LogP contribution in [0.2, 0.25) is 0 Å². The number of aromatic nitrogens is 2. The second-order valence-corrected chi connectivity index (χ2v) is 7.16. The first-order valence-electron chi connectivity index (χ1n) is 8.59. The molecule has 22 heavy (non-hydrogen) atoms. The second-order valence-electron chi connectivity index (χ2n) is 7.16. The molecule has 2 aliphatic heterocycles. The molecule has 2 saturated heterocycles. The van der Waals surface area contributed by atoms with Crippen LogP contribution in [-0.4, -0.2) is 72.1 Å². The summed E-state index contributed by atoms with van der Waals surface area (Å²) in [5.41, 5.74) is 1.36. The minimum atomic E-state index is 0.613. The van der Waals surface area contributed by atoms with Crippen LogP contribution in [0, 0.1) is 5.92 Å². The molecule has 5 heteroatoms. The van der Waals surface area contributed by atoms with Crippen molar-refractivity contribution in [3.05, 3.63) is 18.0 Å². The van der Waals surface area contributed by atoms with Crippen LogP contribution in [0.5, 0.6) is 0 Å². The number of hydrogen-bond donors (Lipinski definition) is 0. The van der Waals surface area contributed by atoms with Crippen molar-refractivity contribution >= 4 is 0 Å². The SMILES string of the molecule is CN(C)[C@@H]1CCN(CC2CCOCC2)[C@H]1Cc1cnn(C)c1. The van der Waals surface area contributed by atoms with E-state index < -0.39 is 0 Å². The largest absolute Gasteiger partial charge is 0.381 e. The zero-order valence-electron chi connectivity index (χ0n) is 14.2. The lowest BCUT2D eigenvalue weighted by Crippen LogP contribution is -2.45. The zero-order valence-corrected chi connectivity index (χ0v) is 14.2. The van der Waals surface area contributed by atoms with E-state index in [-0.39, 0.29) is 0 Å². The molecule has 0 radical (unpaired) electrons. The molecule has 3 rings (SSSR count). The quantitative estimate of drug-likeness (QED) is 0.823. The molecule has 0 spiro atoms. The van der Waals surface area contributed by atoms with E-state index in [0.717, 1.165) is 25.6 Å². The van der Waals surface area contributed by atoms with Crippen LogP contribution in [0.25, 0.3) is 0 Å². The number of nitrogens with zero attached hydrogens (tertiary/aromatic N) is 4. The van der Waals surface area contributed by atoms with Crippen molar-refractivity contribution in [3.8, 4) is 0 Å². The molecule has 0 aromatic carbocycles. The average molecular weight is 306 g/mol. The van der Waals surface area contributed by atoms with Crippen LogP contribution in [0.15, 0.2) is 12.4 Å². The van der Waals surface area contributed by atoms with Crippen molar-refractivity contribution in [2.24, 2.45) is 13.0 Å². The Kier molecular flexibility index (Phi) is 5.16. The summed E-state index contributed by atoms with van der Waals surface area (Å²) in [6, 6.07) is 1.27. The van der Waals surface area contributed by atoms with Gasteiger partial charge >= 0.3 is 0 Å². The fourth-order valence-electron chi connectivity index (χ4n) is 4.07. The molecular weight excluding hydrogens is 276 g/mol. The van der Waals surface area contributed by atoms with Crippen molar-refractivity contribution in [2.75, 3.05) is 40.4 Å². The van der Waals surface area contributed by atoms with Gasteiger partial charge in [-0.05, 0) is 51.3 Å². The molecule has 5 nitrogen and oxygen atoms in total. The van der Waals surface area contributed by atoms with Crippen molar-refractivity contribution in [1.82, 2.24) is 19.6 Å². The van der Waals surface area contributed by atoms with E-state index in [2.05, 4.69) is 35.2 Å². The van der Waals surface area contributed by atoms with E-state index in [4.69, 9.17) is 4.74 Å². The Labute approximate surface area is 134 Å². The Balaban J connectivity index is 1.67. The summed E-state index contributed by atoms with van der Waals surface area (Å²) in [7, 11) is 6.44. The minimum absolute atomic E-state index is 0.613. The standard InChI is InChI=1S/C17H30N4O/c1-19(2)16-4-7-21(13-14-5-8-22-9-6-14)17(16)10-15-11-18-20(3)12-15/h11-12,14,16-17H,4-10,13H2,1-3H3/t16-,17+/m1/s1. The zero-order chi connectivity index (χ0) is 15.5. The van der Waals surface area contributed by atoms with Crippen LogP contribution in [0.1, 0.15) is 24.8 Å². The van der Waals surface area contributed by atoms with Crippen LogP contribution in [0.3, 0.4) is 0 Å². The normalized spacial score (nSPS) is 27.8. The van der Waals surface area contributed by atoms with Gasteiger partial charge < -0.3 is 9.64 Å². The minimum Gasteiger partial charge on any atom is -0.381 e. The second kappa shape index (κ2) is 7.11. The van der Waals surface area contributed by atoms with Crippen LogP contribution in [-0.2, 0) is 18.2 Å². The molecule has 1 aromatic rings. The highest BCUT2D eigenvalue weighted by Crippen LogP contribution is 2.27. The fraction of sp³-hybridized carbons (Fsp3) is 0.824. The highest BCUT2D eigenvalue weighted by atomic mass is 16.5. The Hall–Kier alpha value is -0.910. The van der Waals surface area contributed by atoms with Crippen molar-refractivity contribution in [3.63, 3.8) is 0 Å². The van der Waals surface area contributed by atoms with E-state index in [0.29, 0.717) is 12.1 Å². The summed E-state index contributed by atoms with van der Waals surface area (Å²) in [4.78, 5) is 5.14. The number of likely N-dealkylation sites (N-methyl/N-ethyl adjacent to an activating group) is 1. The van der Waals surface area contributed by atoms with Gasteiger partial charge in [0, 0.05) is 51.6 Å². The van der Waals surface area contributed by atoms with Gasteiger partial charge in [0.05, 0.1) is 6.20 Å². The number of aryl methyl sites for hydroxylation is 1. The smallest absolute Gasteiger partial charge is 0.0522 e. The third kappa shape index (κ3) is 3.70. The van der Waals surface area contributed by atoms with E-state index in [1.165, 1.54) is 37.9 Å². The van der Waals surface area contributed by atoms with Crippen LogP contribution < -0.4 is 0 Å². The molecule has 0 bridgehead atoms. The van der Waals surface area contributed by atoms with E-state index in [1.54, 1.807) is 0 Å². The van der Waals surface area contributed by atoms with Gasteiger partial charge in [-0.2, -0.15) is 5.10 Å². The highest BCUT2D eigenvalue weighted by molar-refractivity contribution is 5.09. The predicted molar refractivity (Wildman–Crippen MR) is 87.9 cm³/mol. The molecule has 124 valence electrons. The number of rotatable bonds is 5. The van der Waals surface area contributed by atoms with Gasteiger partial charge in [0.25, 0.3) is 0 Å². The van der Waals surface area contributed by atoms with Crippen LogP contribution >= 0.6 is 0 Å². The van der Waals surface area contributed by atoms with Gasteiger partial charge in [-0.3, -0.25) is 9.58 Å². The Morgan fingerprint density at radius 3 is 2.68 bits per heavy atom. The lowest BCUT2D eigenvalue weighted by molar-refractivity contribution is 0.0481. The Bertz CT molecular complexity index is 467. The van der Waals surface area contributed by atoms with Crippen LogP contribution in [0.4, 0.5) is 0 Å². The van der Waals surface area contributed by atoms with Gasteiger partial charge in [0.1, 0.15) is 0 Å². The lowest BCUT2D eigenvalue weighted by Gasteiger charge is -2.34. The molecule has 2 aliphatic rings. The van der Waals surface area contributed by atoms with Crippen molar-refractivity contribution in [1.29, 1.82) is 0 Å². The molecule has 0 N–H and O–H groups in total. The molecule has 1 aromatic heterocycles. The first-order chi connectivity index (χ1) is 10.6. The summed E-state index contributed by atoms with van der Waals surface area (Å²) in [6.07, 6.45) is 9.03. The predicted octanol–water partition coefficient (Wildman–Crippen LogP) is 1.39. The first kappa shape index (κ1) is 16.0. The fourth-order valence-corrected chi connectivity index (χ4v) is 4.07. The molecule has 0 aliphatic carbocycles. The number of ether oxygens (including phenoxy) is 1. The van der Waals surface area contributed by atoms with Gasteiger partial charge in [0.2, 0.25) is 0 Å². The van der Waals surface area contributed by atoms with Gasteiger partial charge in [0.15, 0.2) is 0 Å². The summed E-state index contributed by atoms with van der Waals surface area (Å²) >= 11 is 0. The molecule has 3 heterocycles. The summed E-state index contributed by atoms with van der Waals surface area (Å²) < 4.78 is 7.43. The molecule has 0 amide bonds. The van der Waals surface area contributed by atoms with Crippen molar-refractivity contribution < 1.29 is 4.74 Å². The highest BCUT2D eigenvalue weighted by Gasteiger charge is 2.36. The molecule has 2 atom stereocenters. The topological polar surface area (TPSA) is 33.5 Å². The molecule has 2 fully saturated rings. The lowest BCUT2D eigenvalue weighted by atomic mass is 9.97. The Morgan fingerprint density at radius 1 is 1.27 bits per heavy atom. The van der Waals surface area contributed by atoms with Gasteiger partial charge in [-0.25, -0.2) is 0 Å². The Morgan fingerprint density at radius 2 is 2.05 bits per heavy atom. The maximum absolute atomic E-state index is 5.51. The molecule has 0 unspecified atom stereocenters. The first-order valence-corrected chi connectivity index (χ1v) is 8.59. The third-order valence-corrected chi connectivity index (χ3v) is 5.33. The maximum atomic E-state index is 5.51. The van der Waals surface area contributed by atoms with Gasteiger partial charge in [-0.15, -0.1) is 0 Å².